The molecule has 0 aliphatic carbocycles. The molecule has 2 heterocycles. The minimum absolute atomic E-state index is 0.186. The molecule has 34 heavy (non-hydrogen) atoms. The van der Waals surface area contributed by atoms with Crippen LogP contribution < -0.4 is 9.47 Å². The van der Waals surface area contributed by atoms with Gasteiger partial charge in [0.05, 0.1) is 36.9 Å². The molecule has 0 saturated heterocycles. The van der Waals surface area contributed by atoms with Gasteiger partial charge in [-0.05, 0) is 61.9 Å². The van der Waals surface area contributed by atoms with Gasteiger partial charge < -0.3 is 18.8 Å². The van der Waals surface area contributed by atoms with Crippen molar-refractivity contribution in [2.75, 3.05) is 13.7 Å². The summed E-state index contributed by atoms with van der Waals surface area (Å²) in [5, 5.41) is 5.37. The van der Waals surface area contributed by atoms with E-state index >= 15 is 0 Å². The van der Waals surface area contributed by atoms with Crippen molar-refractivity contribution in [2.45, 2.75) is 26.8 Å². The molecule has 0 saturated carbocycles. The maximum absolute atomic E-state index is 13.1. The number of hydrogen-bond acceptors (Lipinski definition) is 5. The van der Waals surface area contributed by atoms with Gasteiger partial charge in [-0.25, -0.2) is 4.68 Å². The number of carbonyl (C=O) groups excluding carboxylic acids is 1. The summed E-state index contributed by atoms with van der Waals surface area (Å²) in [5.74, 6) is 1.74. The van der Waals surface area contributed by atoms with Gasteiger partial charge in [-0.1, -0.05) is 30.7 Å². The van der Waals surface area contributed by atoms with E-state index in [0.29, 0.717) is 41.3 Å². The Labute approximate surface area is 203 Å². The molecule has 0 bridgehead atoms. The van der Waals surface area contributed by atoms with Crippen LogP contribution in [-0.4, -0.2) is 34.2 Å². The molecular weight excluding hydrogens is 454 g/mol. The molecule has 2 aromatic heterocycles. The third-order valence-electron chi connectivity index (χ3n) is 5.35. The van der Waals surface area contributed by atoms with Gasteiger partial charge in [0.1, 0.15) is 0 Å². The predicted molar refractivity (Wildman–Crippen MR) is 130 cm³/mol. The van der Waals surface area contributed by atoms with Crippen molar-refractivity contribution in [1.82, 2.24) is 14.7 Å². The number of rotatable bonds is 9. The van der Waals surface area contributed by atoms with E-state index in [1.54, 1.807) is 41.0 Å². The summed E-state index contributed by atoms with van der Waals surface area (Å²) in [5.41, 5.74) is 2.31. The summed E-state index contributed by atoms with van der Waals surface area (Å²) in [6.07, 6.45) is 2.29. The fourth-order valence-corrected chi connectivity index (χ4v) is 3.79. The average molecular weight is 480 g/mol. The molecule has 0 spiro atoms. The zero-order valence-corrected chi connectivity index (χ0v) is 20.1. The van der Waals surface area contributed by atoms with Crippen LogP contribution in [0.1, 0.15) is 35.2 Å². The van der Waals surface area contributed by atoms with E-state index < -0.39 is 0 Å². The number of aromatic nitrogens is 2. The summed E-state index contributed by atoms with van der Waals surface area (Å²) in [4.78, 5) is 14.9. The van der Waals surface area contributed by atoms with Crippen molar-refractivity contribution in [3.63, 3.8) is 0 Å². The van der Waals surface area contributed by atoms with Crippen molar-refractivity contribution in [1.29, 1.82) is 0 Å². The Morgan fingerprint density at radius 2 is 1.82 bits per heavy atom. The molecule has 0 aliphatic heterocycles. The minimum Gasteiger partial charge on any atom is -0.493 e. The largest absolute Gasteiger partial charge is 0.493 e. The lowest BCUT2D eigenvalue weighted by molar-refractivity contribution is 0.0710. The van der Waals surface area contributed by atoms with E-state index in [4.69, 9.17) is 30.6 Å². The highest BCUT2D eigenvalue weighted by atomic mass is 35.5. The molecule has 4 aromatic rings. The number of aryl methyl sites for hydroxylation is 1. The molecule has 176 valence electrons. The highest BCUT2D eigenvalue weighted by molar-refractivity contribution is 6.30. The van der Waals surface area contributed by atoms with Crippen molar-refractivity contribution < 1.29 is 18.7 Å². The highest BCUT2D eigenvalue weighted by Gasteiger charge is 2.25. The van der Waals surface area contributed by atoms with Crippen molar-refractivity contribution >= 4 is 17.5 Å². The van der Waals surface area contributed by atoms with Crippen LogP contribution in [0.15, 0.2) is 71.3 Å². The molecule has 0 radical (unpaired) electrons. The van der Waals surface area contributed by atoms with Crippen LogP contribution in [0.3, 0.4) is 0 Å². The first kappa shape index (κ1) is 23.4. The smallest absolute Gasteiger partial charge is 0.289 e. The Hall–Kier alpha value is -3.71. The van der Waals surface area contributed by atoms with Crippen LogP contribution in [0, 0.1) is 6.92 Å². The van der Waals surface area contributed by atoms with E-state index in [1.165, 1.54) is 6.26 Å². The third kappa shape index (κ3) is 4.94. The second-order valence-electron chi connectivity index (χ2n) is 7.71. The van der Waals surface area contributed by atoms with Gasteiger partial charge in [0.2, 0.25) is 5.88 Å². The van der Waals surface area contributed by atoms with Gasteiger partial charge in [0, 0.05) is 11.6 Å². The number of amides is 1. The molecule has 4 rings (SSSR count). The quantitative estimate of drug-likeness (QED) is 0.282. The fraction of sp³-hybridized carbons (Fsp3) is 0.231. The van der Waals surface area contributed by atoms with Crippen LogP contribution in [0.25, 0.3) is 5.69 Å². The molecule has 8 heteroatoms. The number of nitrogens with zero attached hydrogens (tertiary/aromatic N) is 3. The maximum atomic E-state index is 13.1. The third-order valence-corrected chi connectivity index (χ3v) is 5.60. The minimum atomic E-state index is -0.186. The Bertz CT molecular complexity index is 1250. The highest BCUT2D eigenvalue weighted by Crippen LogP contribution is 2.36. The summed E-state index contributed by atoms with van der Waals surface area (Å²) in [7, 11) is 1.59. The van der Waals surface area contributed by atoms with Gasteiger partial charge in [-0.15, -0.1) is 0 Å². The average Bonchev–Trinajstić information content (AvgIpc) is 3.49. The molecule has 0 fully saturated rings. The number of carbonyl (C=O) groups is 1. The number of methoxy groups -OCH3 is 1. The Balaban J connectivity index is 1.79. The molecule has 0 N–H and O–H groups in total. The van der Waals surface area contributed by atoms with Crippen LogP contribution in [0.5, 0.6) is 17.4 Å². The maximum Gasteiger partial charge on any atom is 0.289 e. The van der Waals surface area contributed by atoms with Crippen molar-refractivity contribution in [3.05, 3.63) is 89.0 Å². The number of ether oxygens (including phenoxy) is 2. The van der Waals surface area contributed by atoms with E-state index in [0.717, 1.165) is 23.4 Å². The van der Waals surface area contributed by atoms with E-state index in [-0.39, 0.29) is 5.91 Å². The number of para-hydroxylation sites is 2. The van der Waals surface area contributed by atoms with E-state index in [9.17, 15) is 4.79 Å². The molecule has 2 aromatic carbocycles. The monoisotopic (exact) mass is 479 g/mol. The molecular formula is C26H26ClN3O4. The Morgan fingerprint density at radius 3 is 2.47 bits per heavy atom. The molecule has 7 nitrogen and oxygen atoms in total. The topological polar surface area (TPSA) is 69.7 Å². The summed E-state index contributed by atoms with van der Waals surface area (Å²) >= 11 is 6.10. The molecule has 0 unspecified atom stereocenters. The lowest BCUT2D eigenvalue weighted by Gasteiger charge is -2.22. The molecule has 1 amide bonds. The molecule has 0 aliphatic rings. The normalized spacial score (nSPS) is 10.8. The second kappa shape index (κ2) is 10.5. The van der Waals surface area contributed by atoms with E-state index in [1.807, 2.05) is 50.2 Å². The van der Waals surface area contributed by atoms with Crippen LogP contribution >= 0.6 is 11.6 Å². The van der Waals surface area contributed by atoms with Gasteiger partial charge >= 0.3 is 0 Å². The summed E-state index contributed by atoms with van der Waals surface area (Å²) in [6.45, 7) is 4.79. The lowest BCUT2D eigenvalue weighted by Crippen LogP contribution is -2.31. The van der Waals surface area contributed by atoms with E-state index in [2.05, 4.69) is 0 Å². The standard InChI is InChI=1S/C26H26ClN3O4/c1-4-15-29(25(31)24-10-7-16-33-24)17-21-18(2)28-30(20-13-11-19(27)12-14-20)26(21)34-23-9-6-5-8-22(23)32-3/h5-14,16H,4,15,17H2,1-3H3. The summed E-state index contributed by atoms with van der Waals surface area (Å²) < 4.78 is 19.0. The Morgan fingerprint density at radius 1 is 1.09 bits per heavy atom. The molecule has 0 atom stereocenters. The zero-order valence-electron chi connectivity index (χ0n) is 19.3. The second-order valence-corrected chi connectivity index (χ2v) is 8.15. The first-order valence-corrected chi connectivity index (χ1v) is 11.4. The number of halogens is 1. The van der Waals surface area contributed by atoms with Crippen molar-refractivity contribution in [3.8, 4) is 23.1 Å². The number of benzene rings is 2. The lowest BCUT2D eigenvalue weighted by atomic mass is 10.2. The first-order valence-electron chi connectivity index (χ1n) is 11.0. The zero-order chi connectivity index (χ0) is 24.1. The summed E-state index contributed by atoms with van der Waals surface area (Å²) in [6, 6.07) is 18.1. The SMILES string of the molecule is CCCN(Cc1c(C)nn(-c2ccc(Cl)cc2)c1Oc1ccccc1OC)C(=O)c1ccco1. The number of furan rings is 1. The predicted octanol–water partition coefficient (Wildman–Crippen LogP) is 6.28. The fourth-order valence-electron chi connectivity index (χ4n) is 3.66. The van der Waals surface area contributed by atoms with Crippen LogP contribution in [-0.2, 0) is 6.54 Å². The van der Waals surface area contributed by atoms with Gasteiger partial charge in [0.15, 0.2) is 17.3 Å². The van der Waals surface area contributed by atoms with Gasteiger partial charge in [-0.3, -0.25) is 4.79 Å². The first-order chi connectivity index (χ1) is 16.5. The number of hydrogen-bond donors (Lipinski definition) is 0. The van der Waals surface area contributed by atoms with Crippen LogP contribution in [0.2, 0.25) is 5.02 Å². The Kier molecular flexibility index (Phi) is 7.23. The van der Waals surface area contributed by atoms with Gasteiger partial charge in [-0.2, -0.15) is 5.10 Å². The van der Waals surface area contributed by atoms with Crippen LogP contribution in [0.4, 0.5) is 0 Å². The van der Waals surface area contributed by atoms with Crippen molar-refractivity contribution in [2.24, 2.45) is 0 Å². The van der Waals surface area contributed by atoms with Gasteiger partial charge in [0.25, 0.3) is 5.91 Å².